The molecule has 0 saturated carbocycles. The van der Waals surface area contributed by atoms with Gasteiger partial charge in [-0.15, -0.1) is 10.2 Å². The van der Waals surface area contributed by atoms with Crippen molar-refractivity contribution in [1.82, 2.24) is 10.2 Å². The minimum atomic E-state index is -1.34. The molecule has 0 bridgehead atoms. The first-order valence-corrected chi connectivity index (χ1v) is 9.20. The van der Waals surface area contributed by atoms with Gasteiger partial charge >= 0.3 is 0 Å². The summed E-state index contributed by atoms with van der Waals surface area (Å²) in [6.07, 6.45) is 1.22. The molecule has 3 aromatic rings. The van der Waals surface area contributed by atoms with Crippen LogP contribution in [0.2, 0.25) is 0 Å². The lowest BCUT2D eigenvalue weighted by Crippen LogP contribution is -2.19. The highest BCUT2D eigenvalue weighted by atomic mass is 32.2. The smallest absolute Gasteiger partial charge is 0.247 e. The van der Waals surface area contributed by atoms with E-state index in [2.05, 4.69) is 10.2 Å². The summed E-state index contributed by atoms with van der Waals surface area (Å²) in [6, 6.07) is 18.8. The van der Waals surface area contributed by atoms with Crippen LogP contribution in [0.15, 0.2) is 75.4 Å². The Hall–Kier alpha value is -3.04. The number of nitriles is 1. The molecule has 130 valence electrons. The standard InChI is InChI=1S/C20H17N3O2S/c1-20(2,16-9-11-17(12-10-16)26(24)14-6-13-21)19-23-22-18(25-19)15-7-4-3-5-8-15/h3-12,14H,1-2H3. The van der Waals surface area contributed by atoms with E-state index in [0.717, 1.165) is 11.1 Å². The summed E-state index contributed by atoms with van der Waals surface area (Å²) in [7, 11) is -1.34. The fourth-order valence-electron chi connectivity index (χ4n) is 2.47. The minimum absolute atomic E-state index is 0.480. The fraction of sp³-hybridized carbons (Fsp3) is 0.150. The summed E-state index contributed by atoms with van der Waals surface area (Å²) in [5.41, 5.74) is 1.34. The Morgan fingerprint density at radius 1 is 1.08 bits per heavy atom. The van der Waals surface area contributed by atoms with Crippen LogP contribution < -0.4 is 0 Å². The van der Waals surface area contributed by atoms with Crippen molar-refractivity contribution in [2.75, 3.05) is 0 Å². The highest BCUT2D eigenvalue weighted by molar-refractivity contribution is 7.88. The molecule has 1 atom stereocenters. The average Bonchev–Trinajstić information content (AvgIpc) is 3.18. The van der Waals surface area contributed by atoms with Crippen LogP contribution in [0, 0.1) is 11.3 Å². The lowest BCUT2D eigenvalue weighted by atomic mass is 9.84. The van der Waals surface area contributed by atoms with Crippen LogP contribution in [0.4, 0.5) is 0 Å². The van der Waals surface area contributed by atoms with Crippen LogP contribution in [0.25, 0.3) is 11.5 Å². The fourth-order valence-corrected chi connectivity index (χ4v) is 3.22. The Morgan fingerprint density at radius 2 is 1.77 bits per heavy atom. The van der Waals surface area contributed by atoms with E-state index >= 15 is 0 Å². The zero-order valence-corrected chi connectivity index (χ0v) is 15.2. The summed E-state index contributed by atoms with van der Waals surface area (Å²) in [4.78, 5) is 0.631. The van der Waals surface area contributed by atoms with Gasteiger partial charge in [-0.2, -0.15) is 5.26 Å². The minimum Gasteiger partial charge on any atom is -0.420 e. The number of hydrogen-bond acceptors (Lipinski definition) is 5. The molecule has 0 spiro atoms. The summed E-state index contributed by atoms with van der Waals surface area (Å²) < 4.78 is 17.9. The van der Waals surface area contributed by atoms with E-state index in [9.17, 15) is 4.21 Å². The van der Waals surface area contributed by atoms with E-state index in [1.54, 1.807) is 12.1 Å². The molecule has 5 nitrogen and oxygen atoms in total. The summed E-state index contributed by atoms with van der Waals surface area (Å²) in [5.74, 6) is 0.989. The van der Waals surface area contributed by atoms with Gasteiger partial charge in [0.15, 0.2) is 0 Å². The number of benzene rings is 2. The van der Waals surface area contributed by atoms with Crippen LogP contribution in [-0.4, -0.2) is 14.4 Å². The van der Waals surface area contributed by atoms with Crippen LogP contribution in [0.3, 0.4) is 0 Å². The van der Waals surface area contributed by atoms with Crippen molar-refractivity contribution < 1.29 is 8.63 Å². The third kappa shape index (κ3) is 3.63. The number of hydrogen-bond donors (Lipinski definition) is 0. The summed E-state index contributed by atoms with van der Waals surface area (Å²) in [6.45, 7) is 3.99. The first-order valence-electron chi connectivity index (χ1n) is 7.99. The maximum absolute atomic E-state index is 12.0. The van der Waals surface area contributed by atoms with Crippen molar-refractivity contribution in [3.63, 3.8) is 0 Å². The lowest BCUT2D eigenvalue weighted by Gasteiger charge is -2.20. The van der Waals surface area contributed by atoms with E-state index in [1.165, 1.54) is 11.5 Å². The third-order valence-electron chi connectivity index (χ3n) is 4.05. The van der Waals surface area contributed by atoms with Gasteiger partial charge in [0, 0.05) is 21.9 Å². The van der Waals surface area contributed by atoms with E-state index in [-0.39, 0.29) is 0 Å². The molecule has 26 heavy (non-hydrogen) atoms. The summed E-state index contributed by atoms with van der Waals surface area (Å²) >= 11 is 0. The van der Waals surface area contributed by atoms with Gasteiger partial charge < -0.3 is 4.42 Å². The molecule has 0 amide bonds. The molecule has 1 unspecified atom stereocenters. The Morgan fingerprint density at radius 3 is 2.42 bits per heavy atom. The summed E-state index contributed by atoms with van der Waals surface area (Å²) in [5, 5.41) is 18.3. The SMILES string of the molecule is CC(C)(c1ccc(S(=O)C=CC#N)cc1)c1nnc(-c2ccccc2)o1. The highest BCUT2D eigenvalue weighted by Crippen LogP contribution is 2.32. The predicted molar refractivity (Wildman–Crippen MR) is 99.5 cm³/mol. The van der Waals surface area contributed by atoms with Crippen molar-refractivity contribution in [3.8, 4) is 17.5 Å². The Labute approximate surface area is 154 Å². The van der Waals surface area contributed by atoms with Gasteiger partial charge in [-0.05, 0) is 43.7 Å². The van der Waals surface area contributed by atoms with Crippen LogP contribution in [-0.2, 0) is 16.2 Å². The molecule has 0 fully saturated rings. The number of allylic oxidation sites excluding steroid dienone is 1. The Bertz CT molecular complexity index is 984. The van der Waals surface area contributed by atoms with Gasteiger partial charge in [0.25, 0.3) is 0 Å². The molecule has 1 aromatic heterocycles. The molecular formula is C20H17N3O2S. The molecule has 0 N–H and O–H groups in total. The van der Waals surface area contributed by atoms with Gasteiger partial charge in [0.2, 0.25) is 11.8 Å². The second-order valence-corrected chi connectivity index (χ2v) is 7.50. The number of nitrogens with zero attached hydrogens (tertiary/aromatic N) is 3. The number of aromatic nitrogens is 2. The molecule has 0 saturated heterocycles. The first-order chi connectivity index (χ1) is 12.5. The van der Waals surface area contributed by atoms with Crippen molar-refractivity contribution in [2.24, 2.45) is 0 Å². The average molecular weight is 363 g/mol. The Balaban J connectivity index is 1.87. The van der Waals surface area contributed by atoms with Crippen molar-refractivity contribution in [2.45, 2.75) is 24.2 Å². The normalized spacial score (nSPS) is 12.8. The maximum atomic E-state index is 12.0. The molecule has 2 aromatic carbocycles. The molecule has 3 rings (SSSR count). The largest absolute Gasteiger partial charge is 0.420 e. The maximum Gasteiger partial charge on any atom is 0.247 e. The highest BCUT2D eigenvalue weighted by Gasteiger charge is 2.30. The molecule has 0 aliphatic heterocycles. The van der Waals surface area contributed by atoms with Crippen LogP contribution in [0.1, 0.15) is 25.3 Å². The van der Waals surface area contributed by atoms with Crippen molar-refractivity contribution in [1.29, 1.82) is 5.26 Å². The van der Waals surface area contributed by atoms with Gasteiger partial charge in [0.05, 0.1) is 22.3 Å². The van der Waals surface area contributed by atoms with E-state index in [1.807, 2.05) is 62.4 Å². The van der Waals surface area contributed by atoms with E-state index in [0.29, 0.717) is 16.7 Å². The number of rotatable bonds is 5. The van der Waals surface area contributed by atoms with E-state index < -0.39 is 16.2 Å². The predicted octanol–water partition coefficient (Wildman–Crippen LogP) is 4.21. The van der Waals surface area contributed by atoms with Gasteiger partial charge in [-0.25, -0.2) is 4.21 Å². The van der Waals surface area contributed by atoms with Gasteiger partial charge in [0.1, 0.15) is 0 Å². The third-order valence-corrected chi connectivity index (χ3v) is 5.17. The van der Waals surface area contributed by atoms with Gasteiger partial charge in [-0.1, -0.05) is 30.3 Å². The van der Waals surface area contributed by atoms with Crippen LogP contribution >= 0.6 is 0 Å². The quantitative estimate of drug-likeness (QED) is 0.635. The zero-order valence-electron chi connectivity index (χ0n) is 14.4. The lowest BCUT2D eigenvalue weighted by molar-refractivity contribution is 0.420. The molecule has 1 heterocycles. The van der Waals surface area contributed by atoms with E-state index in [4.69, 9.17) is 9.68 Å². The zero-order chi connectivity index (χ0) is 18.6. The molecule has 0 aliphatic rings. The second-order valence-electron chi connectivity index (χ2n) is 6.16. The van der Waals surface area contributed by atoms with Gasteiger partial charge in [-0.3, -0.25) is 0 Å². The monoisotopic (exact) mass is 363 g/mol. The first kappa shape index (κ1) is 17.8. The van der Waals surface area contributed by atoms with Crippen LogP contribution in [0.5, 0.6) is 0 Å². The topological polar surface area (TPSA) is 79.8 Å². The van der Waals surface area contributed by atoms with Crippen molar-refractivity contribution >= 4 is 10.8 Å². The molecular weight excluding hydrogens is 346 g/mol. The molecule has 0 aliphatic carbocycles. The Kier molecular flexibility index (Phi) is 5.10. The van der Waals surface area contributed by atoms with Crippen molar-refractivity contribution in [3.05, 3.63) is 77.5 Å². The molecule has 0 radical (unpaired) electrons. The molecule has 6 heteroatoms. The second kappa shape index (κ2) is 7.46.